The Bertz CT molecular complexity index is 988. The number of hydrogen-bond acceptors (Lipinski definition) is 5. The number of amides is 1. The van der Waals surface area contributed by atoms with Gasteiger partial charge in [-0.2, -0.15) is 0 Å². The highest BCUT2D eigenvalue weighted by Gasteiger charge is 2.22. The van der Waals surface area contributed by atoms with Crippen molar-refractivity contribution in [2.24, 2.45) is 0 Å². The van der Waals surface area contributed by atoms with Crippen LogP contribution in [0.5, 0.6) is 5.75 Å². The predicted octanol–water partition coefficient (Wildman–Crippen LogP) is 2.55. The number of nitrogens with one attached hydrogen (secondary N) is 1. The molecule has 0 aliphatic rings. The molecule has 0 radical (unpaired) electrons. The molecule has 2 aromatic rings. The Morgan fingerprint density at radius 3 is 2.45 bits per heavy atom. The third-order valence-corrected chi connectivity index (χ3v) is 5.36. The summed E-state index contributed by atoms with van der Waals surface area (Å²) in [6.07, 6.45) is 1.02. The van der Waals surface area contributed by atoms with Crippen molar-refractivity contribution in [1.82, 2.24) is 5.32 Å². The Morgan fingerprint density at radius 2 is 1.83 bits per heavy atom. The van der Waals surface area contributed by atoms with Crippen molar-refractivity contribution in [3.63, 3.8) is 0 Å². The van der Waals surface area contributed by atoms with Crippen molar-refractivity contribution in [2.75, 3.05) is 23.7 Å². The number of nitrogens with zero attached hydrogens (tertiary/aromatic N) is 1. The van der Waals surface area contributed by atoms with E-state index in [-0.39, 0.29) is 24.1 Å². The third kappa shape index (κ3) is 6.60. The number of ketones is 1. The molecule has 8 heteroatoms. The van der Waals surface area contributed by atoms with Crippen LogP contribution in [0, 0.1) is 6.92 Å². The summed E-state index contributed by atoms with van der Waals surface area (Å²) in [5, 5.41) is 2.74. The Labute approximate surface area is 171 Å². The molecule has 0 aliphatic carbocycles. The van der Waals surface area contributed by atoms with Gasteiger partial charge in [-0.3, -0.25) is 13.9 Å². The van der Waals surface area contributed by atoms with Gasteiger partial charge >= 0.3 is 0 Å². The summed E-state index contributed by atoms with van der Waals surface area (Å²) in [5.41, 5.74) is 1.62. The second-order valence-electron chi connectivity index (χ2n) is 6.92. The molecular formula is C21H26N2O5S. The van der Waals surface area contributed by atoms with Gasteiger partial charge in [-0.25, -0.2) is 8.42 Å². The van der Waals surface area contributed by atoms with Crippen LogP contribution in [0.1, 0.15) is 29.8 Å². The largest absolute Gasteiger partial charge is 0.491 e. The molecule has 0 bridgehead atoms. The van der Waals surface area contributed by atoms with Crippen LogP contribution in [0.25, 0.3) is 0 Å². The number of rotatable bonds is 9. The molecule has 0 aromatic heterocycles. The van der Waals surface area contributed by atoms with Crippen molar-refractivity contribution in [1.29, 1.82) is 0 Å². The summed E-state index contributed by atoms with van der Waals surface area (Å²) < 4.78 is 31.1. The topological polar surface area (TPSA) is 92.8 Å². The van der Waals surface area contributed by atoms with Crippen molar-refractivity contribution in [3.05, 3.63) is 59.7 Å². The summed E-state index contributed by atoms with van der Waals surface area (Å²) in [5.74, 6) is 0.0728. The van der Waals surface area contributed by atoms with Gasteiger partial charge in [0, 0.05) is 5.56 Å². The lowest BCUT2D eigenvalue weighted by Crippen LogP contribution is -2.45. The summed E-state index contributed by atoms with van der Waals surface area (Å²) >= 11 is 0. The van der Waals surface area contributed by atoms with Gasteiger partial charge in [-0.05, 0) is 44.5 Å². The van der Waals surface area contributed by atoms with Gasteiger partial charge in [0.15, 0.2) is 5.78 Å². The highest BCUT2D eigenvalue weighted by atomic mass is 32.2. The average molecular weight is 419 g/mol. The molecule has 0 saturated carbocycles. The Balaban J connectivity index is 2.04. The number of sulfonamides is 1. The van der Waals surface area contributed by atoms with E-state index in [0.29, 0.717) is 5.56 Å². The number of hydrogen-bond donors (Lipinski definition) is 1. The molecular weight excluding hydrogens is 392 g/mol. The molecule has 7 nitrogen and oxygen atoms in total. The van der Waals surface area contributed by atoms with Crippen LogP contribution in [-0.4, -0.2) is 45.6 Å². The summed E-state index contributed by atoms with van der Waals surface area (Å²) in [7, 11) is -3.72. The quantitative estimate of drug-likeness (QED) is 0.632. The zero-order chi connectivity index (χ0) is 21.6. The van der Waals surface area contributed by atoms with Crippen molar-refractivity contribution >= 4 is 27.4 Å². The van der Waals surface area contributed by atoms with Crippen LogP contribution in [0.4, 0.5) is 5.69 Å². The van der Waals surface area contributed by atoms with Gasteiger partial charge in [0.2, 0.25) is 15.9 Å². The third-order valence-electron chi connectivity index (χ3n) is 4.22. The second kappa shape index (κ2) is 9.56. The van der Waals surface area contributed by atoms with Crippen LogP contribution < -0.4 is 14.4 Å². The van der Waals surface area contributed by atoms with E-state index in [2.05, 4.69) is 5.32 Å². The number of carbonyl (C=O) groups is 2. The maximum Gasteiger partial charge on any atom is 0.241 e. The lowest BCUT2D eigenvalue weighted by atomic mass is 10.1. The fourth-order valence-electron chi connectivity index (χ4n) is 2.71. The molecule has 0 aliphatic heterocycles. The first kappa shape index (κ1) is 22.4. The molecule has 1 N–H and O–H groups in total. The number of aryl methyl sites for hydroxylation is 1. The molecule has 0 fully saturated rings. The molecule has 0 spiro atoms. The number of benzene rings is 2. The maximum atomic E-state index is 12.4. The van der Waals surface area contributed by atoms with E-state index in [1.807, 2.05) is 31.2 Å². The van der Waals surface area contributed by atoms with E-state index < -0.39 is 22.5 Å². The van der Waals surface area contributed by atoms with Crippen molar-refractivity contribution in [2.45, 2.75) is 26.8 Å². The number of ether oxygens (including phenoxy) is 1. The van der Waals surface area contributed by atoms with E-state index in [1.54, 1.807) is 25.1 Å². The Kier molecular flexibility index (Phi) is 7.39. The second-order valence-corrected chi connectivity index (χ2v) is 8.83. The molecule has 0 heterocycles. The van der Waals surface area contributed by atoms with Gasteiger partial charge in [-0.1, -0.05) is 30.3 Å². The van der Waals surface area contributed by atoms with Gasteiger partial charge < -0.3 is 10.1 Å². The van der Waals surface area contributed by atoms with E-state index in [9.17, 15) is 18.0 Å². The summed E-state index contributed by atoms with van der Waals surface area (Å²) in [6.45, 7) is 4.95. The molecule has 0 saturated heterocycles. The minimum atomic E-state index is -3.72. The standard InChI is InChI=1S/C21H26N2O5S/c1-15-8-5-6-11-20(15)28-14-16(2)22-21(25)13-23(29(4,26)27)19-10-7-9-18(12-19)17(3)24/h5-12,16H,13-14H2,1-4H3,(H,22,25). The SMILES string of the molecule is CC(=O)c1cccc(N(CC(=O)NC(C)COc2ccccc2C)S(C)(=O)=O)c1. The Morgan fingerprint density at radius 1 is 1.14 bits per heavy atom. The van der Waals surface area contributed by atoms with Gasteiger partial charge in [0.1, 0.15) is 18.9 Å². The smallest absolute Gasteiger partial charge is 0.241 e. The number of anilines is 1. The lowest BCUT2D eigenvalue weighted by Gasteiger charge is -2.23. The summed E-state index contributed by atoms with van der Waals surface area (Å²) in [4.78, 5) is 24.0. The fourth-order valence-corrected chi connectivity index (χ4v) is 3.55. The molecule has 2 aromatic carbocycles. The summed E-state index contributed by atoms with van der Waals surface area (Å²) in [6, 6.07) is 13.4. The van der Waals surface area contributed by atoms with Gasteiger partial charge in [0.25, 0.3) is 0 Å². The first-order chi connectivity index (χ1) is 13.6. The molecule has 1 atom stereocenters. The zero-order valence-corrected chi connectivity index (χ0v) is 17.8. The number of Topliss-reactive ketones (excluding diaryl/α,β-unsaturated/α-hetero) is 1. The highest BCUT2D eigenvalue weighted by molar-refractivity contribution is 7.92. The fraction of sp³-hybridized carbons (Fsp3) is 0.333. The van der Waals surface area contributed by atoms with Gasteiger partial charge in [-0.15, -0.1) is 0 Å². The van der Waals surface area contributed by atoms with E-state index in [1.165, 1.54) is 13.0 Å². The first-order valence-corrected chi connectivity index (χ1v) is 11.0. The van der Waals surface area contributed by atoms with Crippen LogP contribution in [-0.2, 0) is 14.8 Å². The van der Waals surface area contributed by atoms with E-state index in [4.69, 9.17) is 4.74 Å². The molecule has 29 heavy (non-hydrogen) atoms. The monoisotopic (exact) mass is 418 g/mol. The molecule has 2 rings (SSSR count). The van der Waals surface area contributed by atoms with Crippen LogP contribution in [0.15, 0.2) is 48.5 Å². The lowest BCUT2D eigenvalue weighted by molar-refractivity contribution is -0.120. The van der Waals surface area contributed by atoms with E-state index in [0.717, 1.165) is 21.9 Å². The van der Waals surface area contributed by atoms with Crippen LogP contribution >= 0.6 is 0 Å². The predicted molar refractivity (Wildman–Crippen MR) is 113 cm³/mol. The maximum absolute atomic E-state index is 12.4. The van der Waals surface area contributed by atoms with Gasteiger partial charge in [0.05, 0.1) is 18.0 Å². The highest BCUT2D eigenvalue weighted by Crippen LogP contribution is 2.19. The Hall–Kier alpha value is -2.87. The van der Waals surface area contributed by atoms with Crippen molar-refractivity contribution < 1.29 is 22.7 Å². The van der Waals surface area contributed by atoms with Crippen LogP contribution in [0.3, 0.4) is 0 Å². The minimum Gasteiger partial charge on any atom is -0.491 e. The van der Waals surface area contributed by atoms with E-state index >= 15 is 0 Å². The zero-order valence-electron chi connectivity index (χ0n) is 17.0. The first-order valence-electron chi connectivity index (χ1n) is 9.14. The number of para-hydroxylation sites is 1. The molecule has 1 amide bonds. The average Bonchev–Trinajstić information content (AvgIpc) is 2.64. The van der Waals surface area contributed by atoms with Crippen LogP contribution in [0.2, 0.25) is 0 Å². The molecule has 1 unspecified atom stereocenters. The normalized spacial score (nSPS) is 12.1. The number of carbonyl (C=O) groups excluding carboxylic acids is 2. The minimum absolute atomic E-state index is 0.188. The molecule has 156 valence electrons. The van der Waals surface area contributed by atoms with Crippen molar-refractivity contribution in [3.8, 4) is 5.75 Å².